The molecule has 7 heteroatoms. The molecule has 162 valence electrons. The SMILES string of the molecule is CCN(CC)C(=O)CN1CN(c2ccccc2)C2(CCN(C(=O)C3CC3)CC2)C1=O. The number of nitrogens with zero attached hydrogens (tertiary/aromatic N) is 4. The molecule has 0 bridgehead atoms. The van der Waals surface area contributed by atoms with Crippen molar-refractivity contribution in [3.63, 3.8) is 0 Å². The smallest absolute Gasteiger partial charge is 0.250 e. The first-order chi connectivity index (χ1) is 14.5. The molecular weight excluding hydrogens is 380 g/mol. The molecule has 2 heterocycles. The van der Waals surface area contributed by atoms with Crippen LogP contribution in [0.1, 0.15) is 39.5 Å². The Hall–Kier alpha value is -2.57. The molecule has 0 radical (unpaired) electrons. The molecule has 1 saturated carbocycles. The molecule has 1 aromatic rings. The highest BCUT2D eigenvalue weighted by molar-refractivity contribution is 5.96. The predicted octanol–water partition coefficient (Wildman–Crippen LogP) is 1.93. The van der Waals surface area contributed by atoms with Crippen molar-refractivity contribution in [2.75, 3.05) is 44.3 Å². The lowest BCUT2D eigenvalue weighted by molar-refractivity contribution is -0.142. The van der Waals surface area contributed by atoms with Gasteiger partial charge in [0.1, 0.15) is 12.1 Å². The fourth-order valence-electron chi connectivity index (χ4n) is 4.85. The van der Waals surface area contributed by atoms with Gasteiger partial charge >= 0.3 is 0 Å². The third-order valence-electron chi connectivity index (χ3n) is 6.85. The second-order valence-electron chi connectivity index (χ2n) is 8.61. The van der Waals surface area contributed by atoms with Crippen LogP contribution in [0.5, 0.6) is 0 Å². The molecule has 1 aliphatic carbocycles. The van der Waals surface area contributed by atoms with Gasteiger partial charge in [0.25, 0.3) is 5.91 Å². The van der Waals surface area contributed by atoms with Gasteiger partial charge in [-0.15, -0.1) is 0 Å². The lowest BCUT2D eigenvalue weighted by atomic mass is 9.85. The van der Waals surface area contributed by atoms with E-state index in [-0.39, 0.29) is 30.2 Å². The molecule has 1 aromatic carbocycles. The highest BCUT2D eigenvalue weighted by Crippen LogP contribution is 2.40. The zero-order valence-corrected chi connectivity index (χ0v) is 18.0. The molecule has 7 nitrogen and oxygen atoms in total. The molecular formula is C23H32N4O3. The van der Waals surface area contributed by atoms with E-state index in [1.165, 1.54) is 0 Å². The summed E-state index contributed by atoms with van der Waals surface area (Å²) in [6.07, 6.45) is 3.21. The molecule has 0 aromatic heterocycles. The highest BCUT2D eigenvalue weighted by atomic mass is 16.2. The molecule has 0 unspecified atom stereocenters. The predicted molar refractivity (Wildman–Crippen MR) is 115 cm³/mol. The first-order valence-electron chi connectivity index (χ1n) is 11.2. The van der Waals surface area contributed by atoms with Gasteiger partial charge in [-0.05, 0) is 51.7 Å². The minimum atomic E-state index is -0.675. The van der Waals surface area contributed by atoms with Crippen molar-refractivity contribution in [1.82, 2.24) is 14.7 Å². The Morgan fingerprint density at radius 1 is 1.07 bits per heavy atom. The molecule has 4 rings (SSSR count). The molecule has 3 amide bonds. The Morgan fingerprint density at radius 2 is 1.70 bits per heavy atom. The van der Waals surface area contributed by atoms with Crippen LogP contribution in [0.2, 0.25) is 0 Å². The van der Waals surface area contributed by atoms with Crippen LogP contribution in [-0.4, -0.2) is 77.4 Å². The number of likely N-dealkylation sites (N-methyl/N-ethyl adjacent to an activating group) is 1. The van der Waals surface area contributed by atoms with Crippen molar-refractivity contribution >= 4 is 23.4 Å². The number of piperidine rings is 1. The van der Waals surface area contributed by atoms with Crippen LogP contribution in [0, 0.1) is 5.92 Å². The lowest BCUT2D eigenvalue weighted by Gasteiger charge is -2.43. The molecule has 30 heavy (non-hydrogen) atoms. The standard InChI is InChI=1S/C23H32N4O3/c1-3-24(4-2)20(28)16-26-17-27(19-8-6-5-7-9-19)23(22(26)30)12-14-25(15-13-23)21(29)18-10-11-18/h5-9,18H,3-4,10-17H2,1-2H3. The summed E-state index contributed by atoms with van der Waals surface area (Å²) < 4.78 is 0. The van der Waals surface area contributed by atoms with E-state index in [4.69, 9.17) is 0 Å². The van der Waals surface area contributed by atoms with E-state index in [9.17, 15) is 14.4 Å². The van der Waals surface area contributed by atoms with Crippen LogP contribution in [0.4, 0.5) is 5.69 Å². The van der Waals surface area contributed by atoms with E-state index in [1.54, 1.807) is 9.80 Å². The van der Waals surface area contributed by atoms with Crippen molar-refractivity contribution < 1.29 is 14.4 Å². The van der Waals surface area contributed by atoms with E-state index >= 15 is 0 Å². The number of benzene rings is 1. The van der Waals surface area contributed by atoms with Crippen molar-refractivity contribution in [2.24, 2.45) is 5.92 Å². The molecule has 2 saturated heterocycles. The number of anilines is 1. The number of likely N-dealkylation sites (tertiary alicyclic amines) is 1. The van der Waals surface area contributed by atoms with Crippen LogP contribution in [0.15, 0.2) is 30.3 Å². The topological polar surface area (TPSA) is 64.2 Å². The maximum Gasteiger partial charge on any atom is 0.250 e. The number of para-hydroxylation sites is 1. The van der Waals surface area contributed by atoms with Gasteiger partial charge in [0.05, 0.1) is 6.67 Å². The Balaban J connectivity index is 1.55. The second kappa shape index (κ2) is 8.28. The third kappa shape index (κ3) is 3.66. The molecule has 1 spiro atoms. The Labute approximate surface area is 178 Å². The third-order valence-corrected chi connectivity index (χ3v) is 6.85. The van der Waals surface area contributed by atoms with Gasteiger partial charge < -0.3 is 19.6 Å². The maximum absolute atomic E-state index is 13.6. The van der Waals surface area contributed by atoms with Crippen molar-refractivity contribution in [2.45, 2.75) is 45.1 Å². The minimum absolute atomic E-state index is 0.0141. The van der Waals surface area contributed by atoms with Crippen molar-refractivity contribution in [1.29, 1.82) is 0 Å². The first-order valence-corrected chi connectivity index (χ1v) is 11.2. The Morgan fingerprint density at radius 3 is 2.27 bits per heavy atom. The van der Waals surface area contributed by atoms with Gasteiger partial charge in [0.2, 0.25) is 11.8 Å². The van der Waals surface area contributed by atoms with Crippen LogP contribution in [0.25, 0.3) is 0 Å². The summed E-state index contributed by atoms with van der Waals surface area (Å²) in [5.41, 5.74) is 0.316. The lowest BCUT2D eigenvalue weighted by Crippen LogP contribution is -2.57. The Kier molecular flexibility index (Phi) is 5.71. The van der Waals surface area contributed by atoms with Gasteiger partial charge in [-0.1, -0.05) is 18.2 Å². The highest BCUT2D eigenvalue weighted by Gasteiger charge is 2.54. The maximum atomic E-state index is 13.6. The Bertz CT molecular complexity index is 796. The van der Waals surface area contributed by atoms with Gasteiger partial charge in [0, 0.05) is 37.8 Å². The van der Waals surface area contributed by atoms with Gasteiger partial charge in [0.15, 0.2) is 0 Å². The van der Waals surface area contributed by atoms with Gasteiger partial charge in [-0.25, -0.2) is 0 Å². The van der Waals surface area contributed by atoms with E-state index in [0.717, 1.165) is 18.5 Å². The normalized spacial score (nSPS) is 20.7. The monoisotopic (exact) mass is 412 g/mol. The van der Waals surface area contributed by atoms with Gasteiger partial charge in [-0.3, -0.25) is 14.4 Å². The molecule has 3 aliphatic rings. The number of carbonyl (C=O) groups is 3. The van der Waals surface area contributed by atoms with E-state index in [2.05, 4.69) is 4.90 Å². The van der Waals surface area contributed by atoms with E-state index in [0.29, 0.717) is 45.7 Å². The average Bonchev–Trinajstić information content (AvgIpc) is 3.59. The summed E-state index contributed by atoms with van der Waals surface area (Å²) in [7, 11) is 0. The zero-order chi connectivity index (χ0) is 21.3. The molecule has 0 atom stereocenters. The number of carbonyl (C=O) groups excluding carboxylic acids is 3. The number of hydrogen-bond donors (Lipinski definition) is 0. The number of amides is 3. The summed E-state index contributed by atoms with van der Waals surface area (Å²) in [5.74, 6) is 0.451. The molecule has 3 fully saturated rings. The summed E-state index contributed by atoms with van der Waals surface area (Å²) >= 11 is 0. The quantitative estimate of drug-likeness (QED) is 0.716. The minimum Gasteiger partial charge on any atom is -0.342 e. The van der Waals surface area contributed by atoms with E-state index in [1.807, 2.05) is 49.1 Å². The first kappa shape index (κ1) is 20.7. The summed E-state index contributed by atoms with van der Waals surface area (Å²) in [5, 5.41) is 0. The molecule has 0 N–H and O–H groups in total. The largest absolute Gasteiger partial charge is 0.342 e. The molecule has 2 aliphatic heterocycles. The van der Waals surface area contributed by atoms with Crippen LogP contribution in [0.3, 0.4) is 0 Å². The number of hydrogen-bond acceptors (Lipinski definition) is 4. The second-order valence-corrected chi connectivity index (χ2v) is 8.61. The fraction of sp³-hybridized carbons (Fsp3) is 0.609. The van der Waals surface area contributed by atoms with Crippen LogP contribution < -0.4 is 4.90 Å². The van der Waals surface area contributed by atoms with Crippen LogP contribution >= 0.6 is 0 Å². The van der Waals surface area contributed by atoms with Gasteiger partial charge in [-0.2, -0.15) is 0 Å². The number of rotatable bonds is 6. The summed E-state index contributed by atoms with van der Waals surface area (Å²) in [6, 6.07) is 9.96. The summed E-state index contributed by atoms with van der Waals surface area (Å²) in [6.45, 7) is 6.91. The average molecular weight is 413 g/mol. The summed E-state index contributed by atoms with van der Waals surface area (Å²) in [4.78, 5) is 46.4. The van der Waals surface area contributed by atoms with Crippen molar-refractivity contribution in [3.05, 3.63) is 30.3 Å². The zero-order valence-electron chi connectivity index (χ0n) is 18.0. The van der Waals surface area contributed by atoms with E-state index < -0.39 is 5.54 Å². The van der Waals surface area contributed by atoms with Crippen LogP contribution in [-0.2, 0) is 14.4 Å². The van der Waals surface area contributed by atoms with Crippen molar-refractivity contribution in [3.8, 4) is 0 Å². The fourth-order valence-corrected chi connectivity index (χ4v) is 4.85.